The fourth-order valence-electron chi connectivity index (χ4n) is 1.37. The topological polar surface area (TPSA) is 118 Å². The highest BCUT2D eigenvalue weighted by atomic mass is 32.2. The number of anilines is 1. The van der Waals surface area contributed by atoms with Gasteiger partial charge in [0.25, 0.3) is 0 Å². The molecule has 0 aliphatic heterocycles. The van der Waals surface area contributed by atoms with E-state index >= 15 is 0 Å². The van der Waals surface area contributed by atoms with Gasteiger partial charge in [0.2, 0.25) is 0 Å². The van der Waals surface area contributed by atoms with Crippen LogP contribution in [-0.2, 0) is 7.05 Å². The van der Waals surface area contributed by atoms with Crippen LogP contribution in [0.5, 0.6) is 0 Å². The van der Waals surface area contributed by atoms with E-state index in [9.17, 15) is 9.59 Å². The normalized spacial score (nSPS) is 10.1. The minimum absolute atomic E-state index is 0.283. The van der Waals surface area contributed by atoms with E-state index in [0.29, 0.717) is 16.1 Å². The molecule has 0 unspecified atom stereocenters. The number of rotatable bonds is 2. The number of aryl methyl sites for hydroxylation is 1. The van der Waals surface area contributed by atoms with Gasteiger partial charge in [-0.15, -0.1) is 0 Å². The summed E-state index contributed by atoms with van der Waals surface area (Å²) < 4.78 is 1.33. The number of nitriles is 1. The van der Waals surface area contributed by atoms with Gasteiger partial charge in [0.15, 0.2) is 5.16 Å². The predicted octanol–water partition coefficient (Wildman–Crippen LogP) is 0.0737. The minimum atomic E-state index is -0.866. The molecule has 0 bridgehead atoms. The van der Waals surface area contributed by atoms with E-state index in [1.165, 1.54) is 10.7 Å². The van der Waals surface area contributed by atoms with Crippen LogP contribution >= 0.6 is 11.8 Å². The first kappa shape index (κ1) is 12.9. The van der Waals surface area contributed by atoms with Crippen molar-refractivity contribution in [2.75, 3.05) is 5.73 Å². The van der Waals surface area contributed by atoms with E-state index in [1.807, 2.05) is 6.07 Å². The lowest BCUT2D eigenvalue weighted by molar-refractivity contribution is 0.596. The Kier molecular flexibility index (Phi) is 3.39. The highest BCUT2D eigenvalue weighted by Gasteiger charge is 2.09. The largest absolute Gasteiger partial charge is 0.399 e. The summed E-state index contributed by atoms with van der Waals surface area (Å²) in [5, 5.41) is 11.6. The molecule has 2 rings (SSSR count). The summed E-state index contributed by atoms with van der Waals surface area (Å²) in [5.41, 5.74) is 4.79. The molecular weight excluding hydrogens is 266 g/mol. The number of hydrogen-bond acceptors (Lipinski definition) is 6. The van der Waals surface area contributed by atoms with Crippen molar-refractivity contribution in [1.29, 1.82) is 5.26 Å². The third-order valence-electron chi connectivity index (χ3n) is 2.27. The molecule has 1 aromatic heterocycles. The zero-order chi connectivity index (χ0) is 14.0. The second kappa shape index (κ2) is 4.99. The number of nitrogen functional groups attached to an aromatic ring is 1. The molecule has 1 heterocycles. The van der Waals surface area contributed by atoms with Crippen LogP contribution in [-0.4, -0.2) is 14.8 Å². The first-order chi connectivity index (χ1) is 9.01. The van der Waals surface area contributed by atoms with Gasteiger partial charge in [-0.25, -0.2) is 0 Å². The van der Waals surface area contributed by atoms with Gasteiger partial charge in [0, 0.05) is 17.6 Å². The fourth-order valence-corrected chi connectivity index (χ4v) is 2.23. The Morgan fingerprint density at radius 2 is 2.21 bits per heavy atom. The number of nitrogens with two attached hydrogens (primary N) is 1. The first-order valence-corrected chi connectivity index (χ1v) is 5.97. The molecule has 0 saturated carbocycles. The lowest BCUT2D eigenvalue weighted by Gasteiger charge is -2.07. The quantitative estimate of drug-likeness (QED) is 0.591. The predicted molar refractivity (Wildman–Crippen MR) is 69.8 cm³/mol. The van der Waals surface area contributed by atoms with Gasteiger partial charge in [0.1, 0.15) is 6.07 Å². The maximum absolute atomic E-state index is 11.2. The minimum Gasteiger partial charge on any atom is -0.399 e. The van der Waals surface area contributed by atoms with Crippen LogP contribution in [0.15, 0.2) is 37.8 Å². The van der Waals surface area contributed by atoms with Crippen molar-refractivity contribution in [3.8, 4) is 6.07 Å². The molecular formula is C11H9N5O2S. The first-order valence-electron chi connectivity index (χ1n) is 5.16. The van der Waals surface area contributed by atoms with Crippen LogP contribution in [0.4, 0.5) is 5.69 Å². The molecule has 0 amide bonds. The summed E-state index contributed by atoms with van der Waals surface area (Å²) in [4.78, 5) is 26.6. The van der Waals surface area contributed by atoms with Crippen LogP contribution in [0.25, 0.3) is 0 Å². The number of nitrogens with zero attached hydrogens (tertiary/aromatic N) is 3. The van der Waals surface area contributed by atoms with E-state index in [0.717, 1.165) is 11.8 Å². The smallest absolute Gasteiger partial charge is 0.339 e. The highest BCUT2D eigenvalue weighted by molar-refractivity contribution is 7.99. The number of H-pyrrole nitrogens is 1. The van der Waals surface area contributed by atoms with E-state index in [1.54, 1.807) is 19.2 Å². The Labute approximate surface area is 111 Å². The summed E-state index contributed by atoms with van der Waals surface area (Å²) in [6.45, 7) is 0. The van der Waals surface area contributed by atoms with Gasteiger partial charge in [-0.2, -0.15) is 10.2 Å². The van der Waals surface area contributed by atoms with E-state index in [4.69, 9.17) is 11.0 Å². The van der Waals surface area contributed by atoms with Crippen molar-refractivity contribution in [2.24, 2.45) is 7.05 Å². The number of benzene rings is 1. The highest BCUT2D eigenvalue weighted by Crippen LogP contribution is 2.28. The summed E-state index contributed by atoms with van der Waals surface area (Å²) in [6.07, 6.45) is 0. The Balaban J connectivity index is 2.48. The molecule has 0 fully saturated rings. The Bertz CT molecular complexity index is 787. The van der Waals surface area contributed by atoms with Crippen molar-refractivity contribution in [3.05, 3.63) is 44.5 Å². The van der Waals surface area contributed by atoms with Crippen molar-refractivity contribution < 1.29 is 0 Å². The average Bonchev–Trinajstić information content (AvgIpc) is 2.37. The maximum atomic E-state index is 11.2. The summed E-state index contributed by atoms with van der Waals surface area (Å²) in [7, 11) is 1.56. The molecule has 0 aliphatic rings. The van der Waals surface area contributed by atoms with Crippen LogP contribution in [0, 0.1) is 11.3 Å². The number of aromatic nitrogens is 3. The molecule has 0 atom stereocenters. The number of hydrogen-bond donors (Lipinski definition) is 2. The molecule has 0 spiro atoms. The summed E-state index contributed by atoms with van der Waals surface area (Å²) in [5.74, 6) is 0. The summed E-state index contributed by atoms with van der Waals surface area (Å²) >= 11 is 1.10. The van der Waals surface area contributed by atoms with E-state index in [2.05, 4.69) is 10.1 Å². The van der Waals surface area contributed by atoms with Crippen LogP contribution in [0.2, 0.25) is 0 Å². The fraction of sp³-hybridized carbons (Fsp3) is 0.0909. The van der Waals surface area contributed by atoms with Crippen molar-refractivity contribution in [2.45, 2.75) is 10.1 Å². The molecule has 0 aliphatic carbocycles. The second-order valence-electron chi connectivity index (χ2n) is 3.67. The third-order valence-corrected chi connectivity index (χ3v) is 3.40. The van der Waals surface area contributed by atoms with Crippen molar-refractivity contribution in [3.63, 3.8) is 0 Å². The molecule has 1 aromatic carbocycles. The Morgan fingerprint density at radius 1 is 1.47 bits per heavy atom. The zero-order valence-electron chi connectivity index (χ0n) is 9.88. The van der Waals surface area contributed by atoms with Crippen LogP contribution in [0.1, 0.15) is 5.56 Å². The molecule has 8 heteroatoms. The lowest BCUT2D eigenvalue weighted by atomic mass is 10.2. The molecule has 2 aromatic rings. The van der Waals surface area contributed by atoms with Crippen molar-refractivity contribution in [1.82, 2.24) is 14.8 Å². The van der Waals surface area contributed by atoms with Crippen LogP contribution in [0.3, 0.4) is 0 Å². The number of aromatic amines is 1. The van der Waals surface area contributed by atoms with Gasteiger partial charge in [-0.05, 0) is 30.0 Å². The van der Waals surface area contributed by atoms with E-state index < -0.39 is 11.1 Å². The molecule has 7 nitrogen and oxygen atoms in total. The standard InChI is InChI=1S/C11H9N5O2S/c1-16-11(14-9(17)10(18)15-16)19-8-3-2-7(13)4-6(8)5-12/h2-4H,13H2,1H3,(H,15,18). The zero-order valence-corrected chi connectivity index (χ0v) is 10.7. The molecule has 3 N–H and O–H groups in total. The second-order valence-corrected chi connectivity index (χ2v) is 4.68. The summed E-state index contributed by atoms with van der Waals surface area (Å²) in [6, 6.07) is 6.86. The number of nitrogens with one attached hydrogen (secondary N) is 1. The molecule has 19 heavy (non-hydrogen) atoms. The van der Waals surface area contributed by atoms with E-state index in [-0.39, 0.29) is 5.16 Å². The van der Waals surface area contributed by atoms with Gasteiger partial charge in [-0.1, -0.05) is 0 Å². The van der Waals surface area contributed by atoms with Gasteiger partial charge >= 0.3 is 11.1 Å². The SMILES string of the molecule is Cn1[nH]c(=O)c(=O)nc1Sc1ccc(N)cc1C#N. The van der Waals surface area contributed by atoms with Gasteiger partial charge in [-0.3, -0.25) is 19.4 Å². The Hall–Kier alpha value is -2.53. The molecule has 0 radical (unpaired) electrons. The molecule has 96 valence electrons. The lowest BCUT2D eigenvalue weighted by Crippen LogP contribution is -2.33. The molecule has 0 saturated heterocycles. The Morgan fingerprint density at radius 3 is 2.89 bits per heavy atom. The monoisotopic (exact) mass is 275 g/mol. The van der Waals surface area contributed by atoms with Gasteiger partial charge < -0.3 is 5.73 Å². The van der Waals surface area contributed by atoms with Crippen molar-refractivity contribution >= 4 is 17.4 Å². The third kappa shape index (κ3) is 2.66. The average molecular weight is 275 g/mol. The van der Waals surface area contributed by atoms with Gasteiger partial charge in [0.05, 0.1) is 5.56 Å². The maximum Gasteiger partial charge on any atom is 0.339 e. The van der Waals surface area contributed by atoms with Crippen LogP contribution < -0.4 is 16.9 Å².